The fourth-order valence-electron chi connectivity index (χ4n) is 2.46. The largest absolute Gasteiger partial charge is 0.353 e. The van der Waals surface area contributed by atoms with Crippen molar-refractivity contribution in [3.8, 4) is 0 Å². The molecule has 2 rings (SSSR count). The lowest BCUT2D eigenvalue weighted by Crippen LogP contribution is -2.54. The molecule has 0 radical (unpaired) electrons. The quantitative estimate of drug-likeness (QED) is 0.743. The van der Waals surface area contributed by atoms with Crippen molar-refractivity contribution in [2.45, 2.75) is 32.2 Å². The van der Waals surface area contributed by atoms with Crippen LogP contribution in [-0.4, -0.2) is 56.6 Å². The molecule has 0 aromatic heterocycles. The fourth-order valence-corrected chi connectivity index (χ4v) is 4.00. The summed E-state index contributed by atoms with van der Waals surface area (Å²) in [7, 11) is -3.08. The molecule has 0 spiro atoms. The van der Waals surface area contributed by atoms with E-state index in [9.17, 15) is 13.2 Å². The maximum Gasteiger partial charge on any atom is 0.225 e. The van der Waals surface area contributed by atoms with Crippen LogP contribution in [0.3, 0.4) is 0 Å². The summed E-state index contributed by atoms with van der Waals surface area (Å²) in [6.07, 6.45) is 2.08. The monoisotopic (exact) mass is 325 g/mol. The molecule has 2 aliphatic heterocycles. The fraction of sp³-hybridized carbons (Fsp3) is 0.917. The summed E-state index contributed by atoms with van der Waals surface area (Å²) >= 11 is 0. The Balaban J connectivity index is 0.00000200. The van der Waals surface area contributed by atoms with Crippen molar-refractivity contribution >= 4 is 28.3 Å². The van der Waals surface area contributed by atoms with Gasteiger partial charge < -0.3 is 10.6 Å². The molecular formula is C12H24ClN3O3S. The number of piperidine rings is 1. The molecule has 118 valence electrons. The molecule has 0 aromatic carbocycles. The van der Waals surface area contributed by atoms with Crippen LogP contribution < -0.4 is 10.6 Å². The van der Waals surface area contributed by atoms with E-state index in [4.69, 9.17) is 0 Å². The average Bonchev–Trinajstić information content (AvgIpc) is 2.27. The standard InChI is InChI=1S/C12H23N3O3S.ClH/c1-2-7-19(17,18)15-5-3-11(4-6-15)14-12(16)10-8-13-9-10;/h10-11,13H,2-9H2,1H3,(H,14,16);1H. The molecule has 6 nitrogen and oxygen atoms in total. The smallest absolute Gasteiger partial charge is 0.225 e. The molecule has 2 saturated heterocycles. The Morgan fingerprint density at radius 1 is 1.30 bits per heavy atom. The summed E-state index contributed by atoms with van der Waals surface area (Å²) in [5, 5.41) is 6.10. The Hall–Kier alpha value is -0.370. The lowest BCUT2D eigenvalue weighted by molar-refractivity contribution is -0.127. The minimum Gasteiger partial charge on any atom is -0.353 e. The summed E-state index contributed by atoms with van der Waals surface area (Å²) in [5.74, 6) is 0.424. The molecule has 2 aliphatic rings. The van der Waals surface area contributed by atoms with E-state index in [-0.39, 0.29) is 36.0 Å². The number of hydrogen-bond donors (Lipinski definition) is 2. The summed E-state index contributed by atoms with van der Waals surface area (Å²) in [4.78, 5) is 11.8. The number of amides is 1. The lowest BCUT2D eigenvalue weighted by atomic mass is 10.0. The van der Waals surface area contributed by atoms with E-state index in [0.29, 0.717) is 19.5 Å². The third-order valence-electron chi connectivity index (χ3n) is 3.81. The van der Waals surface area contributed by atoms with Gasteiger partial charge in [-0.15, -0.1) is 12.4 Å². The van der Waals surface area contributed by atoms with Crippen molar-refractivity contribution in [2.24, 2.45) is 5.92 Å². The second-order valence-corrected chi connectivity index (χ2v) is 7.44. The molecule has 2 fully saturated rings. The van der Waals surface area contributed by atoms with Gasteiger partial charge in [-0.3, -0.25) is 4.79 Å². The van der Waals surface area contributed by atoms with Crippen LogP contribution in [0.25, 0.3) is 0 Å². The van der Waals surface area contributed by atoms with Crippen LogP contribution in [0.1, 0.15) is 26.2 Å². The van der Waals surface area contributed by atoms with Crippen LogP contribution in [0.4, 0.5) is 0 Å². The first-order chi connectivity index (χ1) is 9.03. The molecule has 0 aliphatic carbocycles. The van der Waals surface area contributed by atoms with Gasteiger partial charge in [0.1, 0.15) is 0 Å². The number of hydrogen-bond acceptors (Lipinski definition) is 4. The van der Waals surface area contributed by atoms with Gasteiger partial charge in [-0.1, -0.05) is 6.92 Å². The number of carbonyl (C=O) groups excluding carboxylic acids is 1. The van der Waals surface area contributed by atoms with E-state index in [2.05, 4.69) is 10.6 Å². The van der Waals surface area contributed by atoms with Gasteiger partial charge in [0.05, 0.1) is 11.7 Å². The summed E-state index contributed by atoms with van der Waals surface area (Å²) in [6.45, 7) is 4.44. The van der Waals surface area contributed by atoms with E-state index >= 15 is 0 Å². The zero-order valence-electron chi connectivity index (χ0n) is 11.8. The highest BCUT2D eigenvalue weighted by atomic mass is 35.5. The van der Waals surface area contributed by atoms with E-state index in [0.717, 1.165) is 25.9 Å². The highest BCUT2D eigenvalue weighted by Gasteiger charge is 2.30. The Labute approximate surface area is 127 Å². The Bertz CT molecular complexity index is 418. The van der Waals surface area contributed by atoms with Crippen LogP contribution in [-0.2, 0) is 14.8 Å². The molecule has 0 saturated carbocycles. The number of nitrogens with zero attached hydrogens (tertiary/aromatic N) is 1. The van der Waals surface area contributed by atoms with Crippen LogP contribution in [0, 0.1) is 5.92 Å². The van der Waals surface area contributed by atoms with Crippen LogP contribution in [0.15, 0.2) is 0 Å². The van der Waals surface area contributed by atoms with Crippen LogP contribution in [0.2, 0.25) is 0 Å². The molecule has 0 bridgehead atoms. The zero-order chi connectivity index (χ0) is 13.9. The topological polar surface area (TPSA) is 78.5 Å². The third-order valence-corrected chi connectivity index (χ3v) is 5.88. The number of rotatable bonds is 5. The second-order valence-electron chi connectivity index (χ2n) is 5.35. The Morgan fingerprint density at radius 2 is 1.90 bits per heavy atom. The third kappa shape index (κ3) is 4.31. The van der Waals surface area contributed by atoms with E-state index in [1.807, 2.05) is 6.92 Å². The average molecular weight is 326 g/mol. The minimum absolute atomic E-state index is 0. The van der Waals surface area contributed by atoms with Gasteiger partial charge in [-0.2, -0.15) is 0 Å². The maximum atomic E-state index is 11.9. The molecule has 20 heavy (non-hydrogen) atoms. The Kier molecular flexibility index (Phi) is 6.71. The van der Waals surface area contributed by atoms with E-state index in [1.165, 1.54) is 0 Å². The number of nitrogens with one attached hydrogen (secondary N) is 2. The second kappa shape index (κ2) is 7.59. The van der Waals surface area contributed by atoms with Gasteiger partial charge >= 0.3 is 0 Å². The normalized spacial score (nSPS) is 21.9. The molecule has 0 unspecified atom stereocenters. The highest BCUT2D eigenvalue weighted by molar-refractivity contribution is 7.89. The van der Waals surface area contributed by atoms with Crippen LogP contribution >= 0.6 is 12.4 Å². The number of halogens is 1. The van der Waals surface area contributed by atoms with Gasteiger partial charge in [0.2, 0.25) is 15.9 Å². The first-order valence-electron chi connectivity index (χ1n) is 7.02. The predicted octanol–water partition coefficient (Wildman–Crippen LogP) is -0.0520. The maximum absolute atomic E-state index is 11.9. The summed E-state index contributed by atoms with van der Waals surface area (Å²) < 4.78 is 25.4. The Morgan fingerprint density at radius 3 is 2.35 bits per heavy atom. The molecule has 1 amide bonds. The van der Waals surface area contributed by atoms with Gasteiger partial charge in [0, 0.05) is 32.2 Å². The van der Waals surface area contributed by atoms with Crippen LogP contribution in [0.5, 0.6) is 0 Å². The first kappa shape index (κ1) is 17.7. The molecule has 8 heteroatoms. The minimum atomic E-state index is -3.08. The molecule has 2 N–H and O–H groups in total. The van der Waals surface area contributed by atoms with Gasteiger partial charge in [-0.05, 0) is 19.3 Å². The molecule has 0 aromatic rings. The molecule has 2 heterocycles. The van der Waals surface area contributed by atoms with Crippen molar-refractivity contribution in [2.75, 3.05) is 31.9 Å². The van der Waals surface area contributed by atoms with Crippen molar-refractivity contribution in [3.63, 3.8) is 0 Å². The van der Waals surface area contributed by atoms with Gasteiger partial charge in [-0.25, -0.2) is 12.7 Å². The molecule has 0 atom stereocenters. The first-order valence-corrected chi connectivity index (χ1v) is 8.62. The zero-order valence-corrected chi connectivity index (χ0v) is 13.4. The predicted molar refractivity (Wildman–Crippen MR) is 80.4 cm³/mol. The van der Waals surface area contributed by atoms with Gasteiger partial charge in [0.25, 0.3) is 0 Å². The lowest BCUT2D eigenvalue weighted by Gasteiger charge is -2.33. The van der Waals surface area contributed by atoms with E-state index in [1.54, 1.807) is 4.31 Å². The summed E-state index contributed by atoms with van der Waals surface area (Å²) in [5.41, 5.74) is 0. The van der Waals surface area contributed by atoms with E-state index < -0.39 is 10.0 Å². The summed E-state index contributed by atoms with van der Waals surface area (Å²) in [6, 6.07) is 0.126. The number of carbonyl (C=O) groups is 1. The highest BCUT2D eigenvalue weighted by Crippen LogP contribution is 2.16. The van der Waals surface area contributed by atoms with Gasteiger partial charge in [0.15, 0.2) is 0 Å². The number of sulfonamides is 1. The van der Waals surface area contributed by atoms with Crippen molar-refractivity contribution in [1.29, 1.82) is 0 Å². The van der Waals surface area contributed by atoms with Crippen molar-refractivity contribution in [1.82, 2.24) is 14.9 Å². The van der Waals surface area contributed by atoms with Crippen molar-refractivity contribution in [3.05, 3.63) is 0 Å². The SMILES string of the molecule is CCCS(=O)(=O)N1CCC(NC(=O)C2CNC2)CC1.Cl. The molecular weight excluding hydrogens is 302 g/mol. The van der Waals surface area contributed by atoms with Crippen molar-refractivity contribution < 1.29 is 13.2 Å².